The number of thiazole rings is 1. The van der Waals surface area contributed by atoms with Crippen LogP contribution in [0.3, 0.4) is 0 Å². The minimum atomic E-state index is -0.163. The van der Waals surface area contributed by atoms with Gasteiger partial charge in [0.05, 0.1) is 29.5 Å². The van der Waals surface area contributed by atoms with Gasteiger partial charge in [0.25, 0.3) is 0 Å². The number of hydrogen-bond acceptors (Lipinski definition) is 5. The molecule has 1 aliphatic rings. The number of aliphatic imine (C=N–C) groups is 1. The van der Waals surface area contributed by atoms with Crippen LogP contribution in [-0.4, -0.2) is 67.1 Å². The second-order valence-electron chi connectivity index (χ2n) is 7.59. The van der Waals surface area contributed by atoms with Crippen molar-refractivity contribution in [2.45, 2.75) is 33.9 Å². The molecule has 6 nitrogen and oxygen atoms in total. The lowest BCUT2D eigenvalue weighted by molar-refractivity contribution is 0.270. The molecule has 1 aliphatic heterocycles. The number of guanidine groups is 1. The Hall–Kier alpha value is -1.46. The Morgan fingerprint density at radius 2 is 2.00 bits per heavy atom. The fraction of sp³-hybridized carbons (Fsp3) is 0.545. The zero-order chi connectivity index (χ0) is 21.5. The maximum absolute atomic E-state index is 14.8. The number of hydrogen-bond donors (Lipinski definition) is 1. The molecule has 0 amide bonds. The van der Waals surface area contributed by atoms with Crippen LogP contribution in [0.15, 0.2) is 28.6 Å². The summed E-state index contributed by atoms with van der Waals surface area (Å²) in [5.74, 6) is 0.632. The highest BCUT2D eigenvalue weighted by Crippen LogP contribution is 2.22. The Bertz CT molecular complexity index is 850. The maximum atomic E-state index is 14.8. The van der Waals surface area contributed by atoms with Crippen molar-refractivity contribution in [3.8, 4) is 0 Å². The largest absolute Gasteiger partial charge is 0.367 e. The average molecular weight is 561 g/mol. The molecule has 31 heavy (non-hydrogen) atoms. The predicted molar refractivity (Wildman–Crippen MR) is 139 cm³/mol. The van der Waals surface area contributed by atoms with Gasteiger partial charge >= 0.3 is 0 Å². The van der Waals surface area contributed by atoms with E-state index >= 15 is 0 Å². The molecule has 2 aromatic rings. The molecule has 9 heteroatoms. The molecule has 0 bridgehead atoms. The second-order valence-corrected chi connectivity index (χ2v) is 8.65. The van der Waals surface area contributed by atoms with Gasteiger partial charge in [-0.15, -0.1) is 35.3 Å². The maximum Gasteiger partial charge on any atom is 0.194 e. The molecule has 0 aliphatic carbocycles. The number of benzene rings is 1. The molecule has 172 valence electrons. The number of halogens is 2. The minimum Gasteiger partial charge on any atom is -0.367 e. The first-order chi connectivity index (χ1) is 14.5. The van der Waals surface area contributed by atoms with Crippen LogP contribution in [0.2, 0.25) is 0 Å². The third-order valence-electron chi connectivity index (χ3n) is 5.35. The summed E-state index contributed by atoms with van der Waals surface area (Å²) < 4.78 is 14.8. The fourth-order valence-electron chi connectivity index (χ4n) is 3.64. The van der Waals surface area contributed by atoms with Gasteiger partial charge in [0.1, 0.15) is 5.82 Å². The molecule has 1 fully saturated rings. The molecule has 1 aromatic carbocycles. The Labute approximate surface area is 206 Å². The number of nitrogens with one attached hydrogen (secondary N) is 1. The van der Waals surface area contributed by atoms with Crippen molar-refractivity contribution in [3.05, 3.63) is 45.7 Å². The van der Waals surface area contributed by atoms with Crippen LogP contribution in [0.1, 0.15) is 30.1 Å². The normalized spacial score (nSPS) is 15.0. The van der Waals surface area contributed by atoms with Crippen LogP contribution in [0, 0.1) is 12.7 Å². The Kier molecular flexibility index (Phi) is 10.4. The number of piperazine rings is 1. The predicted octanol–water partition coefficient (Wildman–Crippen LogP) is 3.95. The Morgan fingerprint density at radius 3 is 2.58 bits per heavy atom. The fourth-order valence-corrected chi connectivity index (χ4v) is 4.25. The molecule has 1 N–H and O–H groups in total. The molecule has 0 unspecified atom stereocenters. The highest BCUT2D eigenvalue weighted by atomic mass is 127. The summed E-state index contributed by atoms with van der Waals surface area (Å²) >= 11 is 1.65. The number of nitrogens with zero attached hydrogens (tertiary/aromatic N) is 5. The smallest absolute Gasteiger partial charge is 0.194 e. The SMILES string of the molecule is CCNC(=NCc1ccc(N2CCN(CC)CC2)c(F)c1)N(C)Cc1csc(C)n1.I. The summed E-state index contributed by atoms with van der Waals surface area (Å²) in [5, 5.41) is 6.45. The molecule has 0 spiro atoms. The molecule has 2 heterocycles. The van der Waals surface area contributed by atoms with E-state index in [-0.39, 0.29) is 29.8 Å². The Morgan fingerprint density at radius 1 is 1.26 bits per heavy atom. The van der Waals surface area contributed by atoms with Crippen molar-refractivity contribution in [2.75, 3.05) is 51.2 Å². The van der Waals surface area contributed by atoms with E-state index in [4.69, 9.17) is 4.99 Å². The zero-order valence-corrected chi connectivity index (χ0v) is 22.0. The first-order valence-corrected chi connectivity index (χ1v) is 11.5. The molecule has 0 radical (unpaired) electrons. The van der Waals surface area contributed by atoms with Crippen LogP contribution in [0.5, 0.6) is 0 Å². The monoisotopic (exact) mass is 560 g/mol. The average Bonchev–Trinajstić information content (AvgIpc) is 3.15. The number of rotatable bonds is 7. The van der Waals surface area contributed by atoms with Crippen LogP contribution < -0.4 is 10.2 Å². The number of aromatic nitrogens is 1. The van der Waals surface area contributed by atoms with Crippen LogP contribution >= 0.6 is 35.3 Å². The summed E-state index contributed by atoms with van der Waals surface area (Å²) in [4.78, 5) is 15.8. The van der Waals surface area contributed by atoms with Gasteiger partial charge in [-0.3, -0.25) is 0 Å². The summed E-state index contributed by atoms with van der Waals surface area (Å²) in [5.41, 5.74) is 2.60. The van der Waals surface area contributed by atoms with Crippen molar-refractivity contribution < 1.29 is 4.39 Å². The molecule has 1 saturated heterocycles. The molecule has 0 atom stereocenters. The first-order valence-electron chi connectivity index (χ1n) is 10.7. The summed E-state index contributed by atoms with van der Waals surface area (Å²) in [6.45, 7) is 12.9. The van der Waals surface area contributed by atoms with Gasteiger partial charge < -0.3 is 20.0 Å². The van der Waals surface area contributed by atoms with Crippen molar-refractivity contribution in [1.82, 2.24) is 20.1 Å². The summed E-state index contributed by atoms with van der Waals surface area (Å²) in [6.07, 6.45) is 0. The van der Waals surface area contributed by atoms with Gasteiger partial charge in [0.2, 0.25) is 0 Å². The standard InChI is InChI=1S/C22H33FN6S.HI/c1-5-24-22(27(4)15-19-16-30-17(3)26-19)25-14-18-7-8-21(20(23)13-18)29-11-9-28(6-2)10-12-29;/h7-8,13,16H,5-6,9-12,14-15H2,1-4H3,(H,24,25);1H. The number of aryl methyl sites for hydroxylation is 1. The Balaban J connectivity index is 0.00000341. The van der Waals surface area contributed by atoms with Gasteiger partial charge in [0.15, 0.2) is 5.96 Å². The van der Waals surface area contributed by atoms with E-state index in [0.29, 0.717) is 18.8 Å². The number of anilines is 1. The van der Waals surface area contributed by atoms with Crippen LogP contribution in [0.4, 0.5) is 10.1 Å². The summed E-state index contributed by atoms with van der Waals surface area (Å²) in [6, 6.07) is 5.51. The van der Waals surface area contributed by atoms with E-state index in [9.17, 15) is 4.39 Å². The lowest BCUT2D eigenvalue weighted by Gasteiger charge is -2.35. The topological polar surface area (TPSA) is 47.0 Å². The molecule has 1 aromatic heterocycles. The molecule has 0 saturated carbocycles. The first kappa shape index (κ1) is 25.8. The van der Waals surface area contributed by atoms with Gasteiger partial charge in [0, 0.05) is 45.2 Å². The molecule has 3 rings (SSSR count). The van der Waals surface area contributed by atoms with Gasteiger partial charge in [-0.25, -0.2) is 14.4 Å². The van der Waals surface area contributed by atoms with Gasteiger partial charge in [-0.1, -0.05) is 13.0 Å². The molecular weight excluding hydrogens is 526 g/mol. The van der Waals surface area contributed by atoms with Crippen LogP contribution in [-0.2, 0) is 13.1 Å². The lowest BCUT2D eigenvalue weighted by Crippen LogP contribution is -2.46. The number of likely N-dealkylation sites (N-methyl/N-ethyl adjacent to an activating group) is 1. The highest BCUT2D eigenvalue weighted by molar-refractivity contribution is 14.0. The molecular formula is C22H34FIN6S. The zero-order valence-electron chi connectivity index (χ0n) is 18.9. The van der Waals surface area contributed by atoms with Crippen molar-refractivity contribution in [3.63, 3.8) is 0 Å². The van der Waals surface area contributed by atoms with E-state index in [1.54, 1.807) is 17.4 Å². The van der Waals surface area contributed by atoms with Gasteiger partial charge in [-0.05, 0) is 38.1 Å². The van der Waals surface area contributed by atoms with E-state index in [1.807, 2.05) is 33.0 Å². The van der Waals surface area contributed by atoms with Crippen molar-refractivity contribution >= 4 is 47.0 Å². The highest BCUT2D eigenvalue weighted by Gasteiger charge is 2.18. The quantitative estimate of drug-likeness (QED) is 0.316. The van der Waals surface area contributed by atoms with Gasteiger partial charge in [-0.2, -0.15) is 0 Å². The third kappa shape index (κ3) is 7.28. The lowest BCUT2D eigenvalue weighted by atomic mass is 10.1. The minimum absolute atomic E-state index is 0. The van der Waals surface area contributed by atoms with E-state index < -0.39 is 0 Å². The van der Waals surface area contributed by atoms with Crippen molar-refractivity contribution in [1.29, 1.82) is 0 Å². The van der Waals surface area contributed by atoms with E-state index in [1.165, 1.54) is 0 Å². The van der Waals surface area contributed by atoms with Crippen LogP contribution in [0.25, 0.3) is 0 Å². The third-order valence-corrected chi connectivity index (χ3v) is 6.17. The van der Waals surface area contributed by atoms with E-state index in [2.05, 4.69) is 37.3 Å². The second kappa shape index (κ2) is 12.5. The summed E-state index contributed by atoms with van der Waals surface area (Å²) in [7, 11) is 2.00. The van der Waals surface area contributed by atoms with E-state index in [0.717, 1.165) is 61.5 Å². The van der Waals surface area contributed by atoms with Crippen molar-refractivity contribution in [2.24, 2.45) is 4.99 Å².